The van der Waals surface area contributed by atoms with Crippen LogP contribution in [0.2, 0.25) is 0 Å². The van der Waals surface area contributed by atoms with Crippen molar-refractivity contribution in [2.24, 2.45) is 0 Å². The van der Waals surface area contributed by atoms with Crippen LogP contribution in [0.15, 0.2) is 23.1 Å². The molecule has 2 rings (SSSR count). The second-order valence-corrected chi connectivity index (χ2v) is 6.52. The quantitative estimate of drug-likeness (QED) is 0.638. The highest BCUT2D eigenvalue weighted by molar-refractivity contribution is 7.87. The molecule has 0 radical (unpaired) electrons. The number of hydrogen-bond donors (Lipinski definition) is 2. The molecule has 0 amide bonds. The third-order valence-corrected chi connectivity index (χ3v) is 4.78. The molecule has 0 aromatic heterocycles. The van der Waals surface area contributed by atoms with Gasteiger partial charge in [-0.25, -0.2) is 8.98 Å². The Hall–Kier alpha value is -1.35. The van der Waals surface area contributed by atoms with Crippen LogP contribution in [0, 0.1) is 0 Å². The number of alkyl halides is 1. The lowest BCUT2D eigenvalue weighted by atomic mass is 10.2. The number of aromatic hydroxyl groups is 1. The average molecular weight is 337 g/mol. The van der Waals surface area contributed by atoms with Gasteiger partial charge in [0.1, 0.15) is 5.75 Å². The van der Waals surface area contributed by atoms with Gasteiger partial charge in [-0.05, 0) is 25.0 Å². The number of benzene rings is 1. The summed E-state index contributed by atoms with van der Waals surface area (Å²) in [5.41, 5.74) is -0.605. The molecule has 1 heterocycles. The topological polar surface area (TPSA) is 110 Å². The SMILES string of the molecule is O=C(O)c1cccc(O)c1S(=O)(=O)OC1(Cl)CCCCO1. The number of rotatable bonds is 4. The lowest BCUT2D eigenvalue weighted by molar-refractivity contribution is -0.139. The Morgan fingerprint density at radius 3 is 2.67 bits per heavy atom. The molecule has 1 aliphatic heterocycles. The lowest BCUT2D eigenvalue weighted by Gasteiger charge is -2.30. The van der Waals surface area contributed by atoms with E-state index in [1.54, 1.807) is 0 Å². The van der Waals surface area contributed by atoms with E-state index in [0.29, 0.717) is 6.42 Å². The van der Waals surface area contributed by atoms with Crippen LogP contribution in [0.1, 0.15) is 29.6 Å². The van der Waals surface area contributed by atoms with Crippen molar-refractivity contribution in [3.8, 4) is 5.75 Å². The molecule has 7 nitrogen and oxygen atoms in total. The van der Waals surface area contributed by atoms with E-state index < -0.39 is 37.5 Å². The van der Waals surface area contributed by atoms with Gasteiger partial charge < -0.3 is 14.9 Å². The molecule has 1 aliphatic rings. The highest BCUT2D eigenvalue weighted by atomic mass is 35.5. The van der Waals surface area contributed by atoms with Crippen molar-refractivity contribution >= 4 is 27.7 Å². The maximum Gasteiger partial charge on any atom is 0.337 e. The van der Waals surface area contributed by atoms with Crippen LogP contribution in [0.5, 0.6) is 5.75 Å². The van der Waals surface area contributed by atoms with Crippen molar-refractivity contribution in [1.82, 2.24) is 0 Å². The molecule has 9 heteroatoms. The normalized spacial score (nSPS) is 22.9. The molecule has 1 atom stereocenters. The van der Waals surface area contributed by atoms with E-state index in [1.165, 1.54) is 6.07 Å². The number of carbonyl (C=O) groups is 1. The zero-order valence-corrected chi connectivity index (χ0v) is 12.4. The smallest absolute Gasteiger partial charge is 0.337 e. The Morgan fingerprint density at radius 1 is 1.38 bits per heavy atom. The van der Waals surface area contributed by atoms with Crippen LogP contribution in [0.4, 0.5) is 0 Å². The molecule has 1 saturated heterocycles. The van der Waals surface area contributed by atoms with Crippen molar-refractivity contribution in [2.75, 3.05) is 6.61 Å². The van der Waals surface area contributed by atoms with Crippen molar-refractivity contribution < 1.29 is 32.3 Å². The first kappa shape index (κ1) is 16.0. The molecular weight excluding hydrogens is 324 g/mol. The summed E-state index contributed by atoms with van der Waals surface area (Å²) in [6.45, 7) is 0.228. The van der Waals surface area contributed by atoms with Crippen LogP contribution in [-0.4, -0.2) is 36.5 Å². The fraction of sp³-hybridized carbons (Fsp3) is 0.417. The number of phenols is 1. The third kappa shape index (κ3) is 3.46. The summed E-state index contributed by atoms with van der Waals surface area (Å²) in [5, 5.41) is 16.8. The van der Waals surface area contributed by atoms with Gasteiger partial charge in [0.05, 0.1) is 12.2 Å². The standard InChI is InChI=1S/C12H13ClO7S/c13-12(6-1-2-7-19-12)20-21(17,18)10-8(11(15)16)4-3-5-9(10)14/h3-5,14H,1-2,6-7H2,(H,15,16). The highest BCUT2D eigenvalue weighted by Gasteiger charge is 2.40. The van der Waals surface area contributed by atoms with E-state index in [0.717, 1.165) is 18.6 Å². The van der Waals surface area contributed by atoms with E-state index in [2.05, 4.69) is 0 Å². The fourth-order valence-electron chi connectivity index (χ4n) is 1.96. The molecule has 0 aliphatic carbocycles. The summed E-state index contributed by atoms with van der Waals surface area (Å²) in [4.78, 5) is 10.3. The molecule has 1 unspecified atom stereocenters. The average Bonchev–Trinajstić information content (AvgIpc) is 2.37. The molecule has 1 aromatic carbocycles. The van der Waals surface area contributed by atoms with Crippen LogP contribution < -0.4 is 0 Å². The zero-order valence-electron chi connectivity index (χ0n) is 10.8. The van der Waals surface area contributed by atoms with Gasteiger partial charge in [-0.15, -0.1) is 0 Å². The molecule has 0 saturated carbocycles. The number of carboxylic acid groups (broad SMARTS) is 1. The first-order chi connectivity index (χ1) is 9.75. The molecule has 2 N–H and O–H groups in total. The van der Waals surface area contributed by atoms with Gasteiger partial charge in [0.25, 0.3) is 5.25 Å². The number of phenolic OH excluding ortho intramolecular Hbond substituents is 1. The number of carboxylic acids is 1. The Morgan fingerprint density at radius 2 is 2.10 bits per heavy atom. The van der Waals surface area contributed by atoms with E-state index >= 15 is 0 Å². The summed E-state index contributed by atoms with van der Waals surface area (Å²) < 4.78 is 34.4. The Bertz CT molecular complexity index is 650. The number of halogens is 1. The van der Waals surface area contributed by atoms with Gasteiger partial charge >= 0.3 is 16.1 Å². The highest BCUT2D eigenvalue weighted by Crippen LogP contribution is 2.36. The fourth-order valence-corrected chi connectivity index (χ4v) is 3.71. The minimum Gasteiger partial charge on any atom is -0.506 e. The van der Waals surface area contributed by atoms with Crippen molar-refractivity contribution in [3.63, 3.8) is 0 Å². The summed E-state index contributed by atoms with van der Waals surface area (Å²) in [5.74, 6) is -2.24. The van der Waals surface area contributed by atoms with Crippen LogP contribution in [0.3, 0.4) is 0 Å². The largest absolute Gasteiger partial charge is 0.506 e. The summed E-state index contributed by atoms with van der Waals surface area (Å²) in [7, 11) is -4.61. The predicted molar refractivity (Wildman–Crippen MR) is 71.7 cm³/mol. The van der Waals surface area contributed by atoms with E-state index in [1.807, 2.05) is 0 Å². The van der Waals surface area contributed by atoms with Gasteiger partial charge in [-0.2, -0.15) is 8.42 Å². The van der Waals surface area contributed by atoms with E-state index in [-0.39, 0.29) is 13.0 Å². The molecule has 1 aromatic rings. The predicted octanol–water partition coefficient (Wildman–Crippen LogP) is 1.89. The first-order valence-electron chi connectivity index (χ1n) is 6.09. The first-order valence-corrected chi connectivity index (χ1v) is 7.88. The van der Waals surface area contributed by atoms with E-state index in [9.17, 15) is 18.3 Å². The molecular formula is C12H13ClO7S. The van der Waals surface area contributed by atoms with Crippen molar-refractivity contribution in [3.05, 3.63) is 23.8 Å². The second-order valence-electron chi connectivity index (χ2n) is 4.46. The number of ether oxygens (including phenoxy) is 1. The summed E-state index contributed by atoms with van der Waals surface area (Å²) >= 11 is 5.94. The van der Waals surface area contributed by atoms with Gasteiger partial charge in [0.15, 0.2) is 4.90 Å². The van der Waals surface area contributed by atoms with Gasteiger partial charge in [-0.1, -0.05) is 17.7 Å². The van der Waals surface area contributed by atoms with Crippen LogP contribution >= 0.6 is 11.6 Å². The van der Waals surface area contributed by atoms with Gasteiger partial charge in [0.2, 0.25) is 0 Å². The molecule has 1 fully saturated rings. The molecule has 21 heavy (non-hydrogen) atoms. The number of aromatic carboxylic acids is 1. The molecule has 0 bridgehead atoms. The number of hydrogen-bond acceptors (Lipinski definition) is 6. The van der Waals surface area contributed by atoms with Crippen LogP contribution in [0.25, 0.3) is 0 Å². The summed E-state index contributed by atoms with van der Waals surface area (Å²) in [6, 6.07) is 3.30. The Kier molecular flexibility index (Phi) is 4.43. The maximum atomic E-state index is 12.2. The third-order valence-electron chi connectivity index (χ3n) is 2.90. The monoisotopic (exact) mass is 336 g/mol. The van der Waals surface area contributed by atoms with Crippen LogP contribution in [-0.2, 0) is 19.0 Å². The molecule has 116 valence electrons. The van der Waals surface area contributed by atoms with Crippen molar-refractivity contribution in [1.29, 1.82) is 0 Å². The Labute approximate surface area is 126 Å². The lowest BCUT2D eigenvalue weighted by Crippen LogP contribution is -2.35. The maximum absolute atomic E-state index is 12.2. The minimum atomic E-state index is -4.61. The van der Waals surface area contributed by atoms with Gasteiger partial charge in [-0.3, -0.25) is 0 Å². The Balaban J connectivity index is 2.42. The zero-order chi connectivity index (χ0) is 15.7. The van der Waals surface area contributed by atoms with Crippen molar-refractivity contribution in [2.45, 2.75) is 29.4 Å². The second kappa shape index (κ2) is 5.80. The van der Waals surface area contributed by atoms with Gasteiger partial charge in [0, 0.05) is 6.42 Å². The minimum absolute atomic E-state index is 0.129. The molecule has 0 spiro atoms. The summed E-state index contributed by atoms with van der Waals surface area (Å²) in [6.07, 6.45) is 1.45. The van der Waals surface area contributed by atoms with E-state index in [4.69, 9.17) is 25.6 Å².